The summed E-state index contributed by atoms with van der Waals surface area (Å²) in [6.45, 7) is -7.03. The highest BCUT2D eigenvalue weighted by Crippen LogP contribution is 2.41. The molecule has 137 heavy (non-hydrogen) atoms. The number of aromatic amines is 2. The molecule has 0 aliphatic carbocycles. The van der Waals surface area contributed by atoms with E-state index in [1.165, 1.54) is 14.0 Å². The number of aromatic nitrogens is 4. The number of thioether (sulfide) groups is 2. The third kappa shape index (κ3) is 29.7. The molecule has 21 aliphatic rings. The van der Waals surface area contributed by atoms with E-state index in [0.717, 1.165) is 23.5 Å². The van der Waals surface area contributed by atoms with Crippen LogP contribution in [0.5, 0.6) is 0 Å². The van der Waals surface area contributed by atoms with Crippen LogP contribution in [0.2, 0.25) is 0 Å². The van der Waals surface area contributed by atoms with Crippen LogP contribution < -0.4 is 38.4 Å². The normalized spacial score (nSPS) is 36.5. The molecule has 23 rings (SSSR count). The molecule has 24 N–H and O–H groups in total. The van der Waals surface area contributed by atoms with Crippen molar-refractivity contribution in [3.8, 4) is 0 Å². The third-order valence-corrected chi connectivity index (χ3v) is 25.8. The number of carbonyl (C=O) groups is 6. The molecule has 21 saturated heterocycles. The number of ketones is 2. The van der Waals surface area contributed by atoms with Gasteiger partial charge in [0.05, 0.1) is 82.8 Å². The number of ether oxygens (including phenoxy) is 18. The lowest BCUT2D eigenvalue weighted by atomic mass is 9.95. The first kappa shape index (κ1) is 113. The summed E-state index contributed by atoms with van der Waals surface area (Å²) in [6.07, 6.45) is -73.2. The highest BCUT2D eigenvalue weighted by Gasteiger charge is 2.60. The van der Waals surface area contributed by atoms with Crippen LogP contribution in [0, 0.1) is 17.6 Å². The lowest BCUT2D eigenvalue weighted by molar-refractivity contribution is -0.395. The summed E-state index contributed by atoms with van der Waals surface area (Å²) in [5.74, 6) is -9.05. The number of halogens is 2. The number of hydrogen-bond donors (Lipinski definition) is 24. The van der Waals surface area contributed by atoms with Crippen LogP contribution in [-0.2, 0) is 127 Å². The van der Waals surface area contributed by atoms with Crippen LogP contribution in [0.3, 0.4) is 0 Å². The molecule has 0 aromatic carbocycles. The number of hydrogen-bond acceptors (Lipinski definition) is 50. The molecular formula is C79H121F2N7O47S2. The van der Waals surface area contributed by atoms with E-state index < -0.39 is 362 Å². The SMILES string of the molecule is CN[C@H](CSCC1O[C@H]2O[C@@H]3C(CO)O[C@H](O[C@@H]4C(CO)O[C@H](O[C@@H]5C(CO)O[C@H](O[C@@H]6C(CSC[C@@H](CC(=O)COCCOCC(C)=O)C(=O)NCCCCCC(=O)OCn7cc(F)c(=O)[nH]c7=O)O[C@H](O[C@@H]7C(CO)O[C@@H](O[C@@H]8C(CO)O[C@@H](O[C@H]1[C@H](O)C2O)C(O)[C@H]8O)C(O)[C@H]7O)C(O)[C@H]6O)C(O)[C@H]5O)C(O)[C@H]4O)C(O)[C@H]3O)C(=O)NCCCCCC(=O)OCn1cc(F)c(=O)[nH]c1=O. The zero-order valence-corrected chi connectivity index (χ0v) is 75.4. The second-order valence-corrected chi connectivity index (χ2v) is 35.5. The minimum atomic E-state index is -2.39. The molecule has 0 spiro atoms. The zero-order valence-electron chi connectivity index (χ0n) is 73.8. The van der Waals surface area contributed by atoms with Crippen molar-refractivity contribution in [3.63, 3.8) is 0 Å². The average molecular weight is 2020 g/mol. The molecule has 58 heteroatoms. The Morgan fingerprint density at radius 3 is 1.00 bits per heavy atom. The van der Waals surface area contributed by atoms with Crippen LogP contribution in [0.4, 0.5) is 8.78 Å². The van der Waals surface area contributed by atoms with Crippen LogP contribution in [-0.4, -0.2) is 475 Å². The van der Waals surface area contributed by atoms with Crippen molar-refractivity contribution in [2.75, 3.05) is 103 Å². The average Bonchev–Trinajstić information content (AvgIpc) is 0.807. The Kier molecular flexibility index (Phi) is 44.3. The van der Waals surface area contributed by atoms with Crippen molar-refractivity contribution in [1.29, 1.82) is 0 Å². The van der Waals surface area contributed by atoms with Crippen molar-refractivity contribution < 1.29 is 220 Å². The van der Waals surface area contributed by atoms with E-state index in [0.29, 0.717) is 34.4 Å². The number of H-pyrrole nitrogens is 2. The Morgan fingerprint density at radius 1 is 0.401 bits per heavy atom. The highest BCUT2D eigenvalue weighted by atomic mass is 32.2. The zero-order chi connectivity index (χ0) is 99.9. The number of likely N-dealkylation sites (N-methyl/N-ethyl adjacent to an activating group) is 1. The summed E-state index contributed by atoms with van der Waals surface area (Å²) in [6, 6.07) is -1.02. The quantitative estimate of drug-likeness (QED) is 0.0217. The van der Waals surface area contributed by atoms with Gasteiger partial charge in [0, 0.05) is 55.4 Å². The van der Waals surface area contributed by atoms with Gasteiger partial charge in [-0.2, -0.15) is 32.3 Å². The van der Waals surface area contributed by atoms with Gasteiger partial charge in [-0.05, 0) is 39.7 Å². The molecule has 37 atom stereocenters. The number of amides is 2. The number of nitrogens with one attached hydrogen (secondary N) is 5. The monoisotopic (exact) mass is 2020 g/mol. The Hall–Kier alpha value is -6.30. The van der Waals surface area contributed by atoms with Gasteiger partial charge in [0.15, 0.2) is 69.1 Å². The Morgan fingerprint density at radius 2 is 0.693 bits per heavy atom. The van der Waals surface area contributed by atoms with E-state index in [1.54, 1.807) is 9.97 Å². The van der Waals surface area contributed by atoms with Gasteiger partial charge in [-0.15, -0.1) is 0 Å². The largest absolute Gasteiger partial charge is 0.444 e. The molecular weight excluding hydrogens is 1900 g/mol. The van der Waals surface area contributed by atoms with E-state index in [4.69, 9.17) is 85.3 Å². The van der Waals surface area contributed by atoms with Gasteiger partial charge in [0.2, 0.25) is 23.4 Å². The van der Waals surface area contributed by atoms with E-state index in [9.17, 15) is 154 Å². The van der Waals surface area contributed by atoms with Crippen molar-refractivity contribution in [3.05, 3.63) is 65.7 Å². The Bertz CT molecular complexity index is 4400. The molecule has 0 radical (unpaired) electrons. The van der Waals surface area contributed by atoms with Gasteiger partial charge in [-0.25, -0.2) is 9.59 Å². The van der Waals surface area contributed by atoms with E-state index in [-0.39, 0.29) is 88.7 Å². The molecule has 780 valence electrons. The van der Waals surface area contributed by atoms with Crippen LogP contribution in [0.15, 0.2) is 31.6 Å². The molecule has 14 bridgehead atoms. The summed E-state index contributed by atoms with van der Waals surface area (Å²) in [4.78, 5) is 128. The number of Topliss-reactive ketones (excluding diaryl/α,β-unsaturated/α-hetero) is 2. The van der Waals surface area contributed by atoms with Gasteiger partial charge in [0.1, 0.15) is 172 Å². The Balaban J connectivity index is 0.879. The summed E-state index contributed by atoms with van der Waals surface area (Å²) < 4.78 is 133. The van der Waals surface area contributed by atoms with E-state index in [2.05, 4.69) is 16.0 Å². The fraction of sp³-hybridized carbons (Fsp3) is 0.823. The van der Waals surface area contributed by atoms with E-state index >= 15 is 0 Å². The number of carbonyl (C=O) groups excluding carboxylic acids is 6. The molecule has 0 saturated carbocycles. The Labute approximate surface area is 784 Å². The lowest BCUT2D eigenvalue weighted by Gasteiger charge is -2.50. The number of rotatable bonds is 41. The topological polar surface area (TPSA) is 799 Å². The maximum Gasteiger partial charge on any atom is 0.331 e. The second kappa shape index (κ2) is 53.9. The fourth-order valence-corrected chi connectivity index (χ4v) is 18.2. The van der Waals surface area contributed by atoms with Crippen LogP contribution >= 0.6 is 23.5 Å². The first-order valence-electron chi connectivity index (χ1n) is 43.9. The van der Waals surface area contributed by atoms with Gasteiger partial charge >= 0.3 is 23.3 Å². The maximum absolute atomic E-state index is 14.2. The predicted molar refractivity (Wildman–Crippen MR) is 445 cm³/mol. The van der Waals surface area contributed by atoms with Crippen LogP contribution in [0.1, 0.15) is 64.7 Å². The van der Waals surface area contributed by atoms with Crippen LogP contribution in [0.25, 0.3) is 0 Å². The number of unbranched alkanes of at least 4 members (excludes halogenated alkanes) is 4. The third-order valence-electron chi connectivity index (χ3n) is 23.4. The number of esters is 2. The summed E-state index contributed by atoms with van der Waals surface area (Å²) in [7, 11) is 1.43. The summed E-state index contributed by atoms with van der Waals surface area (Å²) in [5, 5.41) is 230. The lowest BCUT2D eigenvalue weighted by Crippen LogP contribution is -2.68. The number of aliphatic hydroxyl groups excluding tert-OH is 19. The molecule has 14 unspecified atom stereocenters. The van der Waals surface area contributed by atoms with E-state index in [1.807, 2.05) is 0 Å². The maximum atomic E-state index is 14.2. The van der Waals surface area contributed by atoms with Gasteiger partial charge < -0.3 is 198 Å². The van der Waals surface area contributed by atoms with Crippen molar-refractivity contribution in [2.24, 2.45) is 5.92 Å². The van der Waals surface area contributed by atoms with Crippen molar-refractivity contribution in [1.82, 2.24) is 35.1 Å². The fourth-order valence-electron chi connectivity index (χ4n) is 15.8. The number of aliphatic hydroxyl groups is 19. The van der Waals surface area contributed by atoms with Gasteiger partial charge in [-0.3, -0.25) is 57.5 Å². The minimum absolute atomic E-state index is 0.0590. The molecule has 23 heterocycles. The van der Waals surface area contributed by atoms with Crippen molar-refractivity contribution in [2.45, 2.75) is 299 Å². The van der Waals surface area contributed by atoms with Gasteiger partial charge in [0.25, 0.3) is 11.1 Å². The molecule has 2 aromatic heterocycles. The molecule has 2 amide bonds. The van der Waals surface area contributed by atoms with Gasteiger partial charge in [-0.1, -0.05) is 12.8 Å². The minimum Gasteiger partial charge on any atom is -0.444 e. The smallest absolute Gasteiger partial charge is 0.331 e. The molecule has 2 aromatic rings. The van der Waals surface area contributed by atoms with Crippen molar-refractivity contribution >= 4 is 58.8 Å². The summed E-state index contributed by atoms with van der Waals surface area (Å²) >= 11 is 1.74. The molecule has 21 aliphatic heterocycles. The second-order valence-electron chi connectivity index (χ2n) is 33.4. The highest BCUT2D eigenvalue weighted by molar-refractivity contribution is 7.99. The first-order valence-corrected chi connectivity index (χ1v) is 46.2. The summed E-state index contributed by atoms with van der Waals surface area (Å²) in [5.41, 5.74) is -4.61. The standard InChI is InChI=1S/C79H121F2N7O47S2/c1-31(94)23-118-13-14-119-24-33(95)15-32(67(112)83-11-7-3-5-9-44(96)120-29-87-16-34(80)68(113)85-78(87)116)25-136-27-42-65-51(103)58(110)76(127-42)132-63-40(21-92)123-73(54(106)47(63)99)131-62-39(20-91)126-75(57(109)50(62)102)135-66-43(28-137-26-36(82-2)70(115)84-12-8-4-6-10-45(97)121-30-88-17-35(81)69(114)86-79(88)117)128-77(59(111)52(66)104)133-64-41(22-93)124-72(55(107)48(64)100)129-60-37(18-89)122-71(53(105)46(60)98)130-61-38(19-90)125-74(134-65)56(108)49(61)101/h16-17,32,36-43,46-66,71-77,82,89-93,98-111H,3-15,18-30H2,1-2H3,(H,83,112)(H,84,115)(H,85,113,116)(H,86,114,117)/t32-,36-,37?,38?,39?,40?,41?,42?,43?,46-,47-,48-,49-,50-,51-,52-,53?,54?,55?,56?,57?,58?,59?,60-,61-,62-,63-,64-,65-,66-,71-,72-,73+,74-,75+,76-,77+/m1/s1. The number of nitrogens with zero attached hydrogens (tertiary/aromatic N) is 2. The molecule has 54 nitrogen and oxygen atoms in total. The predicted octanol–water partition coefficient (Wildman–Crippen LogP) is -14.2. The molecule has 21 fully saturated rings. The first-order chi connectivity index (χ1) is 65.3.